The second-order valence-corrected chi connectivity index (χ2v) is 5.57. The molecule has 0 amide bonds. The van der Waals surface area contributed by atoms with Crippen molar-refractivity contribution in [2.75, 3.05) is 11.5 Å². The van der Waals surface area contributed by atoms with Crippen molar-refractivity contribution in [3.8, 4) is 0 Å². The number of rotatable bonds is 2. The van der Waals surface area contributed by atoms with Crippen LogP contribution < -0.4 is 0 Å². The lowest BCUT2D eigenvalue weighted by atomic mass is 10.1. The minimum absolute atomic E-state index is 0.647. The van der Waals surface area contributed by atoms with Gasteiger partial charge < -0.3 is 0 Å². The highest BCUT2D eigenvalue weighted by atomic mass is 79.9. The average molecular weight is 262 g/mol. The van der Waals surface area contributed by atoms with E-state index < -0.39 is 0 Å². The fourth-order valence-corrected chi connectivity index (χ4v) is 3.97. The molecule has 1 aliphatic heterocycles. The lowest BCUT2D eigenvalue weighted by molar-refractivity contribution is 0.566. The summed E-state index contributed by atoms with van der Waals surface area (Å²) in [6, 6.07) is 0. The fraction of sp³-hybridized carbons (Fsp3) is 0.750. The first kappa shape index (κ1) is 9.52. The van der Waals surface area contributed by atoms with Gasteiger partial charge in [0.2, 0.25) is 0 Å². The van der Waals surface area contributed by atoms with Gasteiger partial charge in [-0.15, -0.1) is 0 Å². The molecule has 72 valence electrons. The van der Waals surface area contributed by atoms with Gasteiger partial charge in [-0.2, -0.15) is 16.9 Å². The van der Waals surface area contributed by atoms with Crippen LogP contribution in [0.3, 0.4) is 0 Å². The molecule has 0 aliphatic carbocycles. The van der Waals surface area contributed by atoms with Gasteiger partial charge >= 0.3 is 0 Å². The first-order valence-corrected chi connectivity index (χ1v) is 6.39. The maximum Gasteiger partial charge on any atom is 0.138 e. The molecule has 1 aliphatic rings. The third-order valence-corrected chi connectivity index (χ3v) is 5.13. The Balaban J connectivity index is 2.01. The molecule has 5 heteroatoms. The van der Waals surface area contributed by atoms with E-state index in [0.29, 0.717) is 10.7 Å². The molecule has 2 unspecified atom stereocenters. The topological polar surface area (TPSA) is 30.7 Å². The summed E-state index contributed by atoms with van der Waals surface area (Å²) in [6.07, 6.45) is 2.67. The molecule has 0 N–H and O–H groups in total. The molecular formula is C8H12BrN3S. The lowest BCUT2D eigenvalue weighted by Crippen LogP contribution is -2.16. The number of thioether (sulfide) groups is 1. The maximum atomic E-state index is 4.24. The zero-order valence-corrected chi connectivity index (χ0v) is 9.88. The van der Waals surface area contributed by atoms with Gasteiger partial charge in [-0.1, -0.05) is 15.9 Å². The highest BCUT2D eigenvalue weighted by Gasteiger charge is 2.26. The zero-order valence-electron chi connectivity index (χ0n) is 7.48. The zero-order chi connectivity index (χ0) is 9.26. The van der Waals surface area contributed by atoms with E-state index in [9.17, 15) is 0 Å². The van der Waals surface area contributed by atoms with E-state index in [4.69, 9.17) is 0 Å². The summed E-state index contributed by atoms with van der Waals surface area (Å²) in [5.41, 5.74) is 0. The van der Waals surface area contributed by atoms with E-state index >= 15 is 0 Å². The van der Waals surface area contributed by atoms with Gasteiger partial charge in [0.15, 0.2) is 0 Å². The molecule has 3 nitrogen and oxygen atoms in total. The standard InChI is InChI=1S/C8H12BrN3S/c1-12-8(10-5-11-12)2-6-3-13-4-7(6)9/h5-7H,2-4H2,1H3. The Kier molecular flexibility index (Phi) is 2.93. The predicted molar refractivity (Wildman–Crippen MR) is 58.2 cm³/mol. The molecule has 0 bridgehead atoms. The first-order valence-electron chi connectivity index (χ1n) is 4.32. The molecule has 13 heavy (non-hydrogen) atoms. The third kappa shape index (κ3) is 2.07. The highest BCUT2D eigenvalue weighted by Crippen LogP contribution is 2.31. The molecular weight excluding hydrogens is 250 g/mol. The number of aromatic nitrogens is 3. The minimum Gasteiger partial charge on any atom is -0.253 e. The first-order chi connectivity index (χ1) is 6.27. The molecule has 1 saturated heterocycles. The smallest absolute Gasteiger partial charge is 0.138 e. The van der Waals surface area contributed by atoms with Crippen molar-refractivity contribution in [1.82, 2.24) is 14.8 Å². The van der Waals surface area contributed by atoms with Crippen molar-refractivity contribution < 1.29 is 0 Å². The van der Waals surface area contributed by atoms with Crippen molar-refractivity contribution in [3.05, 3.63) is 12.2 Å². The van der Waals surface area contributed by atoms with Crippen LogP contribution in [0.15, 0.2) is 6.33 Å². The summed E-state index contributed by atoms with van der Waals surface area (Å²) in [6.45, 7) is 0. The molecule has 0 spiro atoms. The van der Waals surface area contributed by atoms with Gasteiger partial charge in [0, 0.05) is 24.0 Å². The van der Waals surface area contributed by atoms with Crippen LogP contribution in [0.25, 0.3) is 0 Å². The van der Waals surface area contributed by atoms with Gasteiger partial charge in [0.25, 0.3) is 0 Å². The summed E-state index contributed by atoms with van der Waals surface area (Å²) in [4.78, 5) is 4.88. The van der Waals surface area contributed by atoms with Crippen molar-refractivity contribution >= 4 is 27.7 Å². The van der Waals surface area contributed by atoms with E-state index in [1.165, 1.54) is 11.5 Å². The van der Waals surface area contributed by atoms with E-state index in [1.807, 2.05) is 23.5 Å². The Morgan fingerprint density at radius 3 is 3.08 bits per heavy atom. The normalized spacial score (nSPS) is 28.2. The van der Waals surface area contributed by atoms with Crippen LogP contribution in [0.4, 0.5) is 0 Å². The maximum absolute atomic E-state index is 4.24. The summed E-state index contributed by atoms with van der Waals surface area (Å²) in [5.74, 6) is 4.27. The van der Waals surface area contributed by atoms with E-state index in [1.54, 1.807) is 6.33 Å². The van der Waals surface area contributed by atoms with Gasteiger partial charge in [0.05, 0.1) is 0 Å². The third-order valence-electron chi connectivity index (χ3n) is 2.37. The van der Waals surface area contributed by atoms with Crippen molar-refractivity contribution in [3.63, 3.8) is 0 Å². The van der Waals surface area contributed by atoms with Crippen molar-refractivity contribution in [1.29, 1.82) is 0 Å². The SMILES string of the molecule is Cn1ncnc1CC1CSCC1Br. The molecule has 0 radical (unpaired) electrons. The Bertz CT molecular complexity index is 289. The molecule has 2 heterocycles. The monoisotopic (exact) mass is 261 g/mol. The van der Waals surface area contributed by atoms with Gasteiger partial charge in [-0.3, -0.25) is 4.68 Å². The molecule has 0 aromatic carbocycles. The van der Waals surface area contributed by atoms with E-state index in [-0.39, 0.29) is 0 Å². The van der Waals surface area contributed by atoms with Gasteiger partial charge in [-0.05, 0) is 11.7 Å². The molecule has 1 aromatic heterocycles. The Morgan fingerprint density at radius 1 is 1.69 bits per heavy atom. The fourth-order valence-electron chi connectivity index (χ4n) is 1.50. The number of aryl methyl sites for hydroxylation is 1. The molecule has 0 saturated carbocycles. The van der Waals surface area contributed by atoms with Crippen LogP contribution in [0.1, 0.15) is 5.82 Å². The van der Waals surface area contributed by atoms with Crippen LogP contribution in [0, 0.1) is 5.92 Å². The van der Waals surface area contributed by atoms with Crippen LogP contribution >= 0.6 is 27.7 Å². The lowest BCUT2D eigenvalue weighted by Gasteiger charge is -2.11. The average Bonchev–Trinajstić information content (AvgIpc) is 2.65. The second-order valence-electron chi connectivity index (χ2n) is 3.32. The van der Waals surface area contributed by atoms with Crippen LogP contribution in [-0.4, -0.2) is 31.1 Å². The Hall–Kier alpha value is -0.0300. The van der Waals surface area contributed by atoms with E-state index in [0.717, 1.165) is 12.2 Å². The molecule has 1 aromatic rings. The Labute approximate surface area is 90.4 Å². The molecule has 2 rings (SSSR count). The summed E-state index contributed by atoms with van der Waals surface area (Å²) < 4.78 is 1.86. The molecule has 1 fully saturated rings. The summed E-state index contributed by atoms with van der Waals surface area (Å²) in [7, 11) is 1.95. The Morgan fingerprint density at radius 2 is 2.54 bits per heavy atom. The summed E-state index contributed by atoms with van der Waals surface area (Å²) >= 11 is 5.71. The number of nitrogens with zero attached hydrogens (tertiary/aromatic N) is 3. The largest absolute Gasteiger partial charge is 0.253 e. The van der Waals surface area contributed by atoms with Crippen molar-refractivity contribution in [2.24, 2.45) is 13.0 Å². The predicted octanol–water partition coefficient (Wildman–Crippen LogP) is 1.48. The second kappa shape index (κ2) is 4.00. The van der Waals surface area contributed by atoms with Crippen LogP contribution in [0.2, 0.25) is 0 Å². The van der Waals surface area contributed by atoms with Crippen LogP contribution in [-0.2, 0) is 13.5 Å². The number of alkyl halides is 1. The number of hydrogen-bond acceptors (Lipinski definition) is 3. The quantitative estimate of drug-likeness (QED) is 0.756. The van der Waals surface area contributed by atoms with Crippen LogP contribution in [0.5, 0.6) is 0 Å². The van der Waals surface area contributed by atoms with E-state index in [2.05, 4.69) is 26.0 Å². The molecule has 2 atom stereocenters. The van der Waals surface area contributed by atoms with Gasteiger partial charge in [-0.25, -0.2) is 4.98 Å². The minimum atomic E-state index is 0.647. The van der Waals surface area contributed by atoms with Crippen molar-refractivity contribution in [2.45, 2.75) is 11.2 Å². The summed E-state index contributed by atoms with van der Waals surface area (Å²) in [5, 5.41) is 4.07. The van der Waals surface area contributed by atoms with Gasteiger partial charge in [0.1, 0.15) is 12.2 Å². The number of halogens is 1. The number of hydrogen-bond donors (Lipinski definition) is 0. The highest BCUT2D eigenvalue weighted by molar-refractivity contribution is 9.09.